The maximum absolute atomic E-state index is 4.66. The van der Waals surface area contributed by atoms with E-state index in [1.165, 1.54) is 5.56 Å². The van der Waals surface area contributed by atoms with E-state index in [2.05, 4.69) is 48.3 Å². The third-order valence-corrected chi connectivity index (χ3v) is 5.47. The van der Waals surface area contributed by atoms with Crippen LogP contribution in [0, 0.1) is 0 Å². The summed E-state index contributed by atoms with van der Waals surface area (Å²) in [5, 5.41) is 14.1. The Morgan fingerprint density at radius 3 is 2.43 bits per heavy atom. The summed E-state index contributed by atoms with van der Waals surface area (Å²) in [6.07, 6.45) is 5.29. The van der Waals surface area contributed by atoms with Gasteiger partial charge in [0, 0.05) is 28.2 Å². The van der Waals surface area contributed by atoms with Crippen molar-refractivity contribution < 1.29 is 0 Å². The zero-order chi connectivity index (χ0) is 19.2. The average molecular weight is 450 g/mol. The number of hydrogen-bond donors (Lipinski definition) is 0. The Balaban J connectivity index is 1.65. The first-order valence-corrected chi connectivity index (χ1v) is 10.4. The molecular weight excluding hydrogens is 434 g/mol. The summed E-state index contributed by atoms with van der Waals surface area (Å²) in [4.78, 5) is 4.08. The van der Waals surface area contributed by atoms with Crippen molar-refractivity contribution in [2.24, 2.45) is 5.10 Å². The summed E-state index contributed by atoms with van der Waals surface area (Å²) in [7, 11) is 0. The lowest BCUT2D eigenvalue weighted by molar-refractivity contribution is 0.772. The summed E-state index contributed by atoms with van der Waals surface area (Å²) >= 11 is 5.06. The summed E-state index contributed by atoms with van der Waals surface area (Å²) in [6.45, 7) is 0. The Kier molecular flexibility index (Phi) is 5.94. The second-order valence-electron chi connectivity index (χ2n) is 5.92. The van der Waals surface area contributed by atoms with Crippen molar-refractivity contribution in [3.8, 4) is 11.4 Å². The summed E-state index contributed by atoms with van der Waals surface area (Å²) < 4.78 is 2.82. The minimum absolute atomic E-state index is 0.686. The van der Waals surface area contributed by atoms with Gasteiger partial charge in [-0.2, -0.15) is 9.78 Å². The molecule has 4 rings (SSSR count). The van der Waals surface area contributed by atoms with E-state index in [0.29, 0.717) is 5.82 Å². The van der Waals surface area contributed by atoms with Crippen LogP contribution in [-0.2, 0) is 5.75 Å². The minimum atomic E-state index is 0.686. The van der Waals surface area contributed by atoms with Crippen LogP contribution in [0.4, 0.5) is 0 Å². The van der Waals surface area contributed by atoms with E-state index >= 15 is 0 Å². The van der Waals surface area contributed by atoms with Gasteiger partial charge < -0.3 is 0 Å². The maximum atomic E-state index is 4.66. The molecule has 138 valence electrons. The molecule has 0 aliphatic heterocycles. The number of hydrogen-bond acceptors (Lipinski definition) is 5. The molecular formula is C21H16BrN5S. The number of thioether (sulfide) groups is 1. The lowest BCUT2D eigenvalue weighted by Gasteiger charge is -2.05. The van der Waals surface area contributed by atoms with Gasteiger partial charge in [-0.05, 0) is 35.4 Å². The molecule has 2 heterocycles. The number of nitrogens with zero attached hydrogens (tertiary/aromatic N) is 5. The number of halogens is 1. The first-order valence-electron chi connectivity index (χ1n) is 8.62. The molecule has 0 radical (unpaired) electrons. The smallest absolute Gasteiger partial charge is 0.212 e. The highest BCUT2D eigenvalue weighted by molar-refractivity contribution is 9.10. The molecule has 7 heteroatoms. The lowest BCUT2D eigenvalue weighted by Crippen LogP contribution is -1.97. The SMILES string of the molecule is Brc1ccc(/C=N/n2c(SCc3ccccc3)nnc2-c2ccncc2)cc1. The van der Waals surface area contributed by atoms with Crippen molar-refractivity contribution in [1.82, 2.24) is 19.9 Å². The third kappa shape index (κ3) is 4.55. The fourth-order valence-corrected chi connectivity index (χ4v) is 3.64. The van der Waals surface area contributed by atoms with Gasteiger partial charge in [0.25, 0.3) is 0 Å². The zero-order valence-corrected chi connectivity index (χ0v) is 17.2. The topological polar surface area (TPSA) is 56.0 Å². The standard InChI is InChI=1S/C21H16BrN5S/c22-19-8-6-16(7-9-19)14-24-27-20(18-10-12-23-13-11-18)25-26-21(27)28-15-17-4-2-1-3-5-17/h1-14H,15H2/b24-14+. The van der Waals surface area contributed by atoms with Crippen molar-refractivity contribution in [2.75, 3.05) is 0 Å². The Hall–Kier alpha value is -2.77. The molecule has 0 fully saturated rings. The molecule has 5 nitrogen and oxygen atoms in total. The van der Waals surface area contributed by atoms with Crippen molar-refractivity contribution in [3.05, 3.63) is 94.7 Å². The Morgan fingerprint density at radius 2 is 1.68 bits per heavy atom. The number of aromatic nitrogens is 4. The van der Waals surface area contributed by atoms with Crippen LogP contribution in [0.25, 0.3) is 11.4 Å². The molecule has 0 saturated carbocycles. The highest BCUT2D eigenvalue weighted by Crippen LogP contribution is 2.26. The Morgan fingerprint density at radius 1 is 0.929 bits per heavy atom. The number of benzene rings is 2. The van der Waals surface area contributed by atoms with Crippen LogP contribution in [0.2, 0.25) is 0 Å². The van der Waals surface area contributed by atoms with Gasteiger partial charge in [-0.15, -0.1) is 10.2 Å². The molecule has 0 unspecified atom stereocenters. The normalized spacial score (nSPS) is 11.2. The molecule has 2 aromatic carbocycles. The van der Waals surface area contributed by atoms with Crippen molar-refractivity contribution in [2.45, 2.75) is 10.9 Å². The predicted molar refractivity (Wildman–Crippen MR) is 116 cm³/mol. The van der Waals surface area contributed by atoms with E-state index in [0.717, 1.165) is 26.5 Å². The zero-order valence-electron chi connectivity index (χ0n) is 14.8. The van der Waals surface area contributed by atoms with Gasteiger partial charge in [0.15, 0.2) is 5.82 Å². The van der Waals surface area contributed by atoms with Gasteiger partial charge in [0.2, 0.25) is 5.16 Å². The molecule has 2 aromatic heterocycles. The van der Waals surface area contributed by atoms with Crippen molar-refractivity contribution >= 4 is 33.9 Å². The molecule has 0 amide bonds. The summed E-state index contributed by atoms with van der Waals surface area (Å²) in [6, 6.07) is 22.1. The van der Waals surface area contributed by atoms with Gasteiger partial charge in [-0.1, -0.05) is 70.2 Å². The first kappa shape index (κ1) is 18.6. The third-order valence-electron chi connectivity index (χ3n) is 3.95. The van der Waals surface area contributed by atoms with E-state index in [1.807, 2.05) is 60.8 Å². The first-order chi connectivity index (χ1) is 13.8. The Labute approximate surface area is 175 Å². The van der Waals surface area contributed by atoms with Crippen LogP contribution in [0.3, 0.4) is 0 Å². The molecule has 0 atom stereocenters. The van der Waals surface area contributed by atoms with E-state index in [4.69, 9.17) is 0 Å². The minimum Gasteiger partial charge on any atom is -0.265 e. The van der Waals surface area contributed by atoms with Crippen molar-refractivity contribution in [1.29, 1.82) is 0 Å². The highest BCUT2D eigenvalue weighted by atomic mass is 79.9. The van der Waals surface area contributed by atoms with Gasteiger partial charge in [0.05, 0.1) is 6.21 Å². The van der Waals surface area contributed by atoms with Gasteiger partial charge in [0.1, 0.15) is 0 Å². The molecule has 0 saturated heterocycles. The second-order valence-corrected chi connectivity index (χ2v) is 7.78. The fraction of sp³-hybridized carbons (Fsp3) is 0.0476. The second kappa shape index (κ2) is 8.95. The highest BCUT2D eigenvalue weighted by Gasteiger charge is 2.14. The lowest BCUT2D eigenvalue weighted by atomic mass is 10.2. The largest absolute Gasteiger partial charge is 0.265 e. The molecule has 0 bridgehead atoms. The van der Waals surface area contributed by atoms with Crippen LogP contribution in [0.1, 0.15) is 11.1 Å². The quantitative estimate of drug-likeness (QED) is 0.296. The van der Waals surface area contributed by atoms with Crippen LogP contribution in [0.5, 0.6) is 0 Å². The van der Waals surface area contributed by atoms with Gasteiger partial charge >= 0.3 is 0 Å². The predicted octanol–water partition coefficient (Wildman–Crippen LogP) is 5.28. The summed E-state index contributed by atoms with van der Waals surface area (Å²) in [5.41, 5.74) is 3.14. The van der Waals surface area contributed by atoms with Crippen LogP contribution in [-0.4, -0.2) is 26.1 Å². The number of pyridine rings is 1. The molecule has 0 N–H and O–H groups in total. The van der Waals surface area contributed by atoms with Gasteiger partial charge in [-0.3, -0.25) is 4.98 Å². The van der Waals surface area contributed by atoms with Crippen LogP contribution < -0.4 is 0 Å². The Bertz CT molecular complexity index is 1060. The molecule has 0 aliphatic carbocycles. The van der Waals surface area contributed by atoms with Crippen molar-refractivity contribution in [3.63, 3.8) is 0 Å². The molecule has 4 aromatic rings. The number of rotatable bonds is 6. The molecule has 0 aliphatic rings. The fourth-order valence-electron chi connectivity index (χ4n) is 2.54. The average Bonchev–Trinajstić information content (AvgIpc) is 3.16. The maximum Gasteiger partial charge on any atom is 0.212 e. The summed E-state index contributed by atoms with van der Waals surface area (Å²) in [5.74, 6) is 1.48. The van der Waals surface area contributed by atoms with E-state index in [-0.39, 0.29) is 0 Å². The van der Waals surface area contributed by atoms with E-state index in [1.54, 1.807) is 28.8 Å². The van der Waals surface area contributed by atoms with E-state index in [9.17, 15) is 0 Å². The van der Waals surface area contributed by atoms with Crippen LogP contribution in [0.15, 0.2) is 93.9 Å². The van der Waals surface area contributed by atoms with E-state index < -0.39 is 0 Å². The molecule has 28 heavy (non-hydrogen) atoms. The monoisotopic (exact) mass is 449 g/mol. The molecule has 0 spiro atoms. The van der Waals surface area contributed by atoms with Gasteiger partial charge in [-0.25, -0.2) is 0 Å². The van der Waals surface area contributed by atoms with Crippen LogP contribution >= 0.6 is 27.7 Å².